The van der Waals surface area contributed by atoms with Crippen LogP contribution in [0.3, 0.4) is 0 Å². The van der Waals surface area contributed by atoms with Gasteiger partial charge in [-0.25, -0.2) is 18.6 Å². The third kappa shape index (κ3) is 7.23. The molecule has 1 aromatic carbocycles. The van der Waals surface area contributed by atoms with Crippen LogP contribution in [0.25, 0.3) is 21.5 Å². The summed E-state index contributed by atoms with van der Waals surface area (Å²) in [5.74, 6) is -1.49. The van der Waals surface area contributed by atoms with Gasteiger partial charge in [-0.05, 0) is 86.8 Å². The Morgan fingerprint density at radius 1 is 1.22 bits per heavy atom. The number of piperidine rings is 1. The van der Waals surface area contributed by atoms with Gasteiger partial charge in [-0.1, -0.05) is 11.6 Å². The maximum atomic E-state index is 13.7. The highest BCUT2D eigenvalue weighted by Gasteiger charge is 2.37. The molecule has 50 heavy (non-hydrogen) atoms. The number of benzene rings is 1. The number of rotatable bonds is 8. The number of carbonyl (C=O) groups excluding carboxylic acids is 2. The van der Waals surface area contributed by atoms with E-state index in [1.807, 2.05) is 26.8 Å². The van der Waals surface area contributed by atoms with E-state index in [9.17, 15) is 32.7 Å². The third-order valence-electron chi connectivity index (χ3n) is 9.21. The average molecular weight is 736 g/mol. The van der Waals surface area contributed by atoms with Crippen LogP contribution < -0.4 is 5.56 Å². The predicted molar refractivity (Wildman–Crippen MR) is 180 cm³/mol. The molecule has 4 heterocycles. The zero-order valence-corrected chi connectivity index (χ0v) is 29.5. The number of aliphatic hydroxyl groups is 1. The molecular weight excluding hydrogens is 699 g/mol. The number of fused-ring (bicyclic) bond motifs is 2. The van der Waals surface area contributed by atoms with Crippen molar-refractivity contribution in [3.8, 4) is 10.4 Å². The Bertz CT molecular complexity index is 1990. The molecule has 1 saturated heterocycles. The molecule has 0 spiro atoms. The molecule has 2 amide bonds. The first-order chi connectivity index (χ1) is 23.5. The number of hydrogen-bond acceptors (Lipinski definition) is 9. The zero-order valence-electron chi connectivity index (χ0n) is 27.9. The molecule has 268 valence electrons. The van der Waals surface area contributed by atoms with E-state index >= 15 is 0 Å². The van der Waals surface area contributed by atoms with Gasteiger partial charge in [0, 0.05) is 37.4 Å². The lowest BCUT2D eigenvalue weighted by Crippen LogP contribution is -2.50. The molecule has 2 unspecified atom stereocenters. The van der Waals surface area contributed by atoms with Crippen molar-refractivity contribution in [1.29, 1.82) is 0 Å². The summed E-state index contributed by atoms with van der Waals surface area (Å²) in [4.78, 5) is 47.3. The molecule has 6 rings (SSSR count). The maximum absolute atomic E-state index is 13.7. The lowest BCUT2D eigenvalue weighted by molar-refractivity contribution is -0.138. The Morgan fingerprint density at radius 2 is 1.94 bits per heavy atom. The molecule has 0 bridgehead atoms. The normalized spacial score (nSPS) is 18.0. The van der Waals surface area contributed by atoms with Crippen molar-refractivity contribution in [1.82, 2.24) is 33.5 Å². The summed E-state index contributed by atoms with van der Waals surface area (Å²) in [5.41, 5.74) is 0.674. The number of halogens is 4. The number of ether oxygens (including phenoxy) is 1. The van der Waals surface area contributed by atoms with Gasteiger partial charge in [-0.2, -0.15) is 8.76 Å². The number of carbonyl (C=O) groups is 2. The second-order valence-electron chi connectivity index (χ2n) is 13.9. The van der Waals surface area contributed by atoms with E-state index in [1.165, 1.54) is 15.8 Å². The smallest absolute Gasteiger partial charge is 0.410 e. The Labute approximate surface area is 294 Å². The predicted octanol–water partition coefficient (Wildman–Crippen LogP) is 5.61. The molecule has 2 atom stereocenters. The van der Waals surface area contributed by atoms with Crippen LogP contribution in [0.5, 0.6) is 0 Å². The Morgan fingerprint density at radius 3 is 2.58 bits per heavy atom. The van der Waals surface area contributed by atoms with Gasteiger partial charge in [0.15, 0.2) is 5.52 Å². The van der Waals surface area contributed by atoms with Gasteiger partial charge < -0.3 is 19.6 Å². The fourth-order valence-electron chi connectivity index (χ4n) is 6.59. The second kappa shape index (κ2) is 13.6. The van der Waals surface area contributed by atoms with Gasteiger partial charge in [-0.15, -0.1) is 5.10 Å². The Kier molecular flexibility index (Phi) is 9.74. The average Bonchev–Trinajstić information content (AvgIpc) is 3.79. The van der Waals surface area contributed by atoms with Crippen LogP contribution >= 0.6 is 23.1 Å². The molecule has 0 radical (unpaired) electrons. The summed E-state index contributed by atoms with van der Waals surface area (Å²) < 4.78 is 52.6. The first-order valence-electron chi connectivity index (χ1n) is 16.2. The van der Waals surface area contributed by atoms with Crippen LogP contribution in [0, 0.1) is 5.95 Å². The van der Waals surface area contributed by atoms with Crippen molar-refractivity contribution in [2.45, 2.75) is 89.1 Å². The number of aromatic nitrogens is 5. The lowest BCUT2D eigenvalue weighted by Gasteiger charge is -2.38. The van der Waals surface area contributed by atoms with Crippen molar-refractivity contribution >= 4 is 46.2 Å². The molecule has 17 heteroatoms. The summed E-state index contributed by atoms with van der Waals surface area (Å²) in [6.45, 7) is 5.49. The van der Waals surface area contributed by atoms with Crippen molar-refractivity contribution in [3.05, 3.63) is 63.2 Å². The van der Waals surface area contributed by atoms with Gasteiger partial charge in [0.2, 0.25) is 11.9 Å². The second-order valence-corrected chi connectivity index (χ2v) is 15.1. The van der Waals surface area contributed by atoms with E-state index in [2.05, 4.69) is 14.5 Å². The topological polar surface area (TPSA) is 136 Å². The van der Waals surface area contributed by atoms with Crippen LogP contribution in [-0.2, 0) is 22.5 Å². The number of amides is 2. The highest BCUT2D eigenvalue weighted by atomic mass is 35.5. The largest absolute Gasteiger partial charge is 0.444 e. The molecule has 3 aromatic heterocycles. The minimum atomic E-state index is -2.94. The highest BCUT2D eigenvalue weighted by molar-refractivity contribution is 7.11. The Hall–Kier alpha value is -4.02. The van der Waals surface area contributed by atoms with E-state index in [0.717, 1.165) is 45.2 Å². The fraction of sp³-hybridized carbons (Fsp3) is 0.515. The van der Waals surface area contributed by atoms with Crippen LogP contribution in [0.1, 0.15) is 69.7 Å². The monoisotopic (exact) mass is 735 g/mol. The quantitative estimate of drug-likeness (QED) is 0.247. The third-order valence-corrected chi connectivity index (χ3v) is 10.4. The number of hydrogen-bond donors (Lipinski definition) is 1. The number of nitrogens with zero attached hydrogens (tertiary/aromatic N) is 7. The molecule has 1 aliphatic carbocycles. The van der Waals surface area contributed by atoms with Gasteiger partial charge in [0.25, 0.3) is 12.0 Å². The van der Waals surface area contributed by atoms with Gasteiger partial charge >= 0.3 is 6.09 Å². The van der Waals surface area contributed by atoms with E-state index in [-0.39, 0.29) is 44.0 Å². The standard InChI is InChI=1S/C33H37ClF3N7O5S/c1-32(2,3)49-31(47)41(4)21-6-5-18-13-19(14-20(34)25(18)21)28-26-27(40-50-28)30(46)43(17-38-26)16-33(48)8-11-42(12-9-33)24(45)15-22(29(36)37)44-10-7-23(35)39-44/h7,10,13-14,17,21-22,29,48H,5-6,8-9,11-12,15-16H2,1-4H3. The molecular formula is C33H37ClF3N7O5S. The number of aryl methyl sites for hydroxylation is 1. The summed E-state index contributed by atoms with van der Waals surface area (Å²) in [6.07, 6.45) is 0.0271. The summed E-state index contributed by atoms with van der Waals surface area (Å²) in [7, 11) is 1.70. The molecule has 1 N–H and O–H groups in total. The van der Waals surface area contributed by atoms with E-state index in [1.54, 1.807) is 18.0 Å². The lowest BCUT2D eigenvalue weighted by atomic mass is 9.91. The fourth-order valence-corrected chi connectivity index (χ4v) is 7.76. The molecule has 1 fully saturated rings. The first kappa shape index (κ1) is 35.8. The van der Waals surface area contributed by atoms with Crippen LogP contribution in [0.15, 0.2) is 35.5 Å². The van der Waals surface area contributed by atoms with E-state index in [0.29, 0.717) is 28.3 Å². The SMILES string of the molecule is CN(C(=O)OC(C)(C)C)C1CCc2cc(-c3snc4c(=O)n(CC5(O)CCN(C(=O)CC(C(F)F)n6ccc(F)n6)CC5)cnc34)cc(Cl)c21. The van der Waals surface area contributed by atoms with Crippen molar-refractivity contribution < 1.29 is 32.6 Å². The summed E-state index contributed by atoms with van der Waals surface area (Å²) in [5, 5.41) is 15.2. The van der Waals surface area contributed by atoms with Gasteiger partial charge in [0.1, 0.15) is 17.2 Å². The maximum Gasteiger partial charge on any atom is 0.410 e. The van der Waals surface area contributed by atoms with Gasteiger partial charge in [-0.3, -0.25) is 18.8 Å². The summed E-state index contributed by atoms with van der Waals surface area (Å²) in [6, 6.07) is 2.84. The first-order valence-corrected chi connectivity index (χ1v) is 17.3. The van der Waals surface area contributed by atoms with Crippen LogP contribution in [0.2, 0.25) is 5.02 Å². The van der Waals surface area contributed by atoms with Crippen molar-refractivity contribution in [2.75, 3.05) is 20.1 Å². The molecule has 12 nitrogen and oxygen atoms in total. The van der Waals surface area contributed by atoms with Crippen LogP contribution in [0.4, 0.5) is 18.0 Å². The minimum absolute atomic E-state index is 0.0809. The van der Waals surface area contributed by atoms with E-state index < -0.39 is 53.6 Å². The van der Waals surface area contributed by atoms with E-state index in [4.69, 9.17) is 16.3 Å². The van der Waals surface area contributed by atoms with Crippen molar-refractivity contribution in [3.63, 3.8) is 0 Å². The van der Waals surface area contributed by atoms with Gasteiger partial charge in [0.05, 0.1) is 35.8 Å². The van der Waals surface area contributed by atoms with Crippen molar-refractivity contribution in [2.24, 2.45) is 0 Å². The minimum Gasteiger partial charge on any atom is -0.444 e. The molecule has 0 saturated carbocycles. The molecule has 1 aliphatic heterocycles. The molecule has 4 aromatic rings. The highest BCUT2D eigenvalue weighted by Crippen LogP contribution is 2.44. The van der Waals surface area contributed by atoms with Crippen LogP contribution in [-0.4, -0.2) is 88.4 Å². The summed E-state index contributed by atoms with van der Waals surface area (Å²) >= 11 is 7.92. The number of alkyl halides is 2. The molecule has 2 aliphatic rings. The Balaban J connectivity index is 1.14. The zero-order chi connectivity index (χ0) is 36.1. The number of likely N-dealkylation sites (tertiary alicyclic amines) is 1.